The van der Waals surface area contributed by atoms with Crippen molar-refractivity contribution >= 4 is 15.7 Å². The van der Waals surface area contributed by atoms with Crippen LogP contribution in [0, 0.1) is 12.8 Å². The van der Waals surface area contributed by atoms with Crippen molar-refractivity contribution in [3.63, 3.8) is 0 Å². The highest BCUT2D eigenvalue weighted by Crippen LogP contribution is 2.11. The number of aryl methyl sites for hydroxylation is 1. The van der Waals surface area contributed by atoms with Crippen molar-refractivity contribution in [2.45, 2.75) is 25.7 Å². The number of nitrogens with one attached hydrogen (secondary N) is 1. The molecule has 0 heterocycles. The van der Waals surface area contributed by atoms with Crippen LogP contribution in [-0.4, -0.2) is 26.6 Å². The van der Waals surface area contributed by atoms with Crippen molar-refractivity contribution in [2.75, 3.05) is 12.3 Å². The highest BCUT2D eigenvalue weighted by molar-refractivity contribution is 7.92. The average molecular weight is 269 g/mol. The van der Waals surface area contributed by atoms with E-state index in [9.17, 15) is 13.2 Å². The lowest BCUT2D eigenvalue weighted by Crippen LogP contribution is -2.32. The maximum Gasteiger partial charge on any atom is 0.235 e. The largest absolute Gasteiger partial charge is 0.355 e. The lowest BCUT2D eigenvalue weighted by Gasteiger charge is -2.08. The fourth-order valence-electron chi connectivity index (χ4n) is 1.37. The van der Waals surface area contributed by atoms with Crippen LogP contribution in [0.15, 0.2) is 29.2 Å². The van der Waals surface area contributed by atoms with E-state index >= 15 is 0 Å². The lowest BCUT2D eigenvalue weighted by molar-refractivity contribution is -0.118. The zero-order valence-electron chi connectivity index (χ0n) is 10.9. The van der Waals surface area contributed by atoms with Crippen LogP contribution >= 0.6 is 0 Å². The van der Waals surface area contributed by atoms with E-state index in [1.54, 1.807) is 12.1 Å². The van der Waals surface area contributed by atoms with E-state index in [0.717, 1.165) is 5.56 Å². The van der Waals surface area contributed by atoms with E-state index < -0.39 is 21.5 Å². The van der Waals surface area contributed by atoms with Crippen LogP contribution in [0.4, 0.5) is 0 Å². The van der Waals surface area contributed by atoms with Crippen molar-refractivity contribution in [1.29, 1.82) is 0 Å². The molecule has 0 fully saturated rings. The Morgan fingerprint density at radius 2 is 1.78 bits per heavy atom. The molecule has 0 aliphatic rings. The topological polar surface area (TPSA) is 63.2 Å². The lowest BCUT2D eigenvalue weighted by atomic mass is 10.2. The highest BCUT2D eigenvalue weighted by Gasteiger charge is 2.18. The van der Waals surface area contributed by atoms with Crippen LogP contribution in [0.3, 0.4) is 0 Å². The van der Waals surface area contributed by atoms with E-state index in [2.05, 4.69) is 5.32 Å². The normalized spacial score (nSPS) is 11.6. The summed E-state index contributed by atoms with van der Waals surface area (Å²) in [7, 11) is -3.54. The van der Waals surface area contributed by atoms with E-state index in [-0.39, 0.29) is 4.90 Å². The van der Waals surface area contributed by atoms with Gasteiger partial charge in [0.15, 0.2) is 9.84 Å². The van der Waals surface area contributed by atoms with Crippen LogP contribution in [-0.2, 0) is 14.6 Å². The Bertz CT molecular complexity index is 504. The van der Waals surface area contributed by atoms with Gasteiger partial charge in [0.05, 0.1) is 4.90 Å². The summed E-state index contributed by atoms with van der Waals surface area (Å²) in [6.07, 6.45) is 0. The van der Waals surface area contributed by atoms with Crippen molar-refractivity contribution in [3.05, 3.63) is 29.8 Å². The Kier molecular flexibility index (Phi) is 4.90. The monoisotopic (exact) mass is 269 g/mol. The Labute approximate surface area is 108 Å². The molecule has 100 valence electrons. The van der Waals surface area contributed by atoms with Gasteiger partial charge in [-0.25, -0.2) is 8.42 Å². The SMILES string of the molecule is Cc1ccc(S(=O)(=O)CC(=O)NCC(C)C)cc1. The fraction of sp³-hybridized carbons (Fsp3) is 0.462. The number of rotatable bonds is 5. The molecule has 0 aliphatic heterocycles. The Morgan fingerprint density at radius 3 is 2.28 bits per heavy atom. The molecule has 1 aromatic rings. The molecule has 0 saturated heterocycles. The molecule has 5 heteroatoms. The maximum absolute atomic E-state index is 11.9. The molecular weight excluding hydrogens is 250 g/mol. The third kappa shape index (κ3) is 4.49. The molecule has 1 aromatic carbocycles. The van der Waals surface area contributed by atoms with Crippen LogP contribution in [0.5, 0.6) is 0 Å². The molecule has 0 radical (unpaired) electrons. The van der Waals surface area contributed by atoms with Gasteiger partial charge < -0.3 is 5.32 Å². The van der Waals surface area contributed by atoms with Gasteiger partial charge in [-0.2, -0.15) is 0 Å². The molecule has 0 aliphatic carbocycles. The van der Waals surface area contributed by atoms with Gasteiger partial charge in [-0.1, -0.05) is 31.5 Å². The minimum Gasteiger partial charge on any atom is -0.355 e. The highest BCUT2D eigenvalue weighted by atomic mass is 32.2. The number of carbonyl (C=O) groups is 1. The van der Waals surface area contributed by atoms with E-state index in [1.165, 1.54) is 12.1 Å². The average Bonchev–Trinajstić information content (AvgIpc) is 2.26. The van der Waals surface area contributed by atoms with Gasteiger partial charge in [0, 0.05) is 6.54 Å². The summed E-state index contributed by atoms with van der Waals surface area (Å²) in [5.74, 6) is -0.650. The van der Waals surface area contributed by atoms with Gasteiger partial charge in [0.25, 0.3) is 0 Å². The molecule has 0 saturated carbocycles. The minimum atomic E-state index is -3.54. The summed E-state index contributed by atoms with van der Waals surface area (Å²) in [4.78, 5) is 11.7. The van der Waals surface area contributed by atoms with Crippen LogP contribution in [0.2, 0.25) is 0 Å². The molecule has 0 bridgehead atoms. The van der Waals surface area contributed by atoms with Crippen molar-refractivity contribution in [3.8, 4) is 0 Å². The van der Waals surface area contributed by atoms with Gasteiger partial charge in [-0.05, 0) is 25.0 Å². The van der Waals surface area contributed by atoms with Crippen molar-refractivity contribution in [2.24, 2.45) is 5.92 Å². The standard InChI is InChI=1S/C13H19NO3S/c1-10(2)8-14-13(15)9-18(16,17)12-6-4-11(3)5-7-12/h4-7,10H,8-9H2,1-3H3,(H,14,15). The van der Waals surface area contributed by atoms with Gasteiger partial charge in [0.1, 0.15) is 5.75 Å². The fourth-order valence-corrected chi connectivity index (χ4v) is 2.54. The molecular formula is C13H19NO3S. The zero-order valence-corrected chi connectivity index (χ0v) is 11.8. The molecule has 18 heavy (non-hydrogen) atoms. The molecule has 1 amide bonds. The second-order valence-corrected chi connectivity index (χ2v) is 6.76. The molecule has 0 atom stereocenters. The molecule has 1 rings (SSSR count). The van der Waals surface area contributed by atoms with Crippen molar-refractivity contribution in [1.82, 2.24) is 5.32 Å². The Balaban J connectivity index is 2.70. The molecule has 0 aromatic heterocycles. The molecule has 0 spiro atoms. The molecule has 1 N–H and O–H groups in total. The first-order chi connectivity index (χ1) is 8.31. The molecule has 0 unspecified atom stereocenters. The van der Waals surface area contributed by atoms with Crippen LogP contribution in [0.1, 0.15) is 19.4 Å². The smallest absolute Gasteiger partial charge is 0.235 e. The van der Waals surface area contributed by atoms with Crippen molar-refractivity contribution < 1.29 is 13.2 Å². The van der Waals surface area contributed by atoms with Crippen LogP contribution < -0.4 is 5.32 Å². The van der Waals surface area contributed by atoms with Gasteiger partial charge in [-0.3, -0.25) is 4.79 Å². The minimum absolute atomic E-state index is 0.188. The molecule has 4 nitrogen and oxygen atoms in total. The number of hydrogen-bond acceptors (Lipinski definition) is 3. The third-order valence-corrected chi connectivity index (χ3v) is 4.04. The first kappa shape index (κ1) is 14.7. The first-order valence-electron chi connectivity index (χ1n) is 5.87. The van der Waals surface area contributed by atoms with Crippen LogP contribution in [0.25, 0.3) is 0 Å². The number of carbonyl (C=O) groups excluding carboxylic acids is 1. The summed E-state index contributed by atoms with van der Waals surface area (Å²) in [5, 5.41) is 2.60. The van der Waals surface area contributed by atoms with E-state index in [0.29, 0.717) is 12.5 Å². The second kappa shape index (κ2) is 6.00. The summed E-state index contributed by atoms with van der Waals surface area (Å²) in [6, 6.07) is 6.50. The van der Waals surface area contributed by atoms with E-state index in [1.807, 2.05) is 20.8 Å². The maximum atomic E-state index is 11.9. The predicted molar refractivity (Wildman–Crippen MR) is 71.1 cm³/mol. The number of sulfone groups is 1. The third-order valence-electron chi connectivity index (χ3n) is 2.41. The van der Waals surface area contributed by atoms with Gasteiger partial charge in [0.2, 0.25) is 5.91 Å². The quantitative estimate of drug-likeness (QED) is 0.882. The van der Waals surface area contributed by atoms with Gasteiger partial charge >= 0.3 is 0 Å². The van der Waals surface area contributed by atoms with E-state index in [4.69, 9.17) is 0 Å². The number of amides is 1. The number of benzene rings is 1. The number of hydrogen-bond donors (Lipinski definition) is 1. The van der Waals surface area contributed by atoms with Gasteiger partial charge in [-0.15, -0.1) is 0 Å². The summed E-state index contributed by atoms with van der Waals surface area (Å²) < 4.78 is 23.9. The Morgan fingerprint density at radius 1 is 1.22 bits per heavy atom. The Hall–Kier alpha value is -1.36. The zero-order chi connectivity index (χ0) is 13.8. The summed E-state index contributed by atoms with van der Waals surface area (Å²) in [5.41, 5.74) is 0.984. The summed E-state index contributed by atoms with van der Waals surface area (Å²) in [6.45, 7) is 6.28. The summed E-state index contributed by atoms with van der Waals surface area (Å²) >= 11 is 0. The predicted octanol–water partition coefficient (Wildman–Crippen LogP) is 1.54. The first-order valence-corrected chi connectivity index (χ1v) is 7.52. The second-order valence-electron chi connectivity index (χ2n) is 4.77.